The fourth-order valence-electron chi connectivity index (χ4n) is 5.42. The lowest BCUT2D eigenvalue weighted by Gasteiger charge is -2.34. The third-order valence-corrected chi connectivity index (χ3v) is 9.42. The minimum Gasteiger partial charge on any atom is -0.488 e. The van der Waals surface area contributed by atoms with Crippen LogP contribution in [0.3, 0.4) is 0 Å². The number of urea groups is 1. The SMILES string of the molecule is C[C@@H]1CN([C@@H](C)CO)C(=O)Cc2cc(NS(=O)(=O)c3ccc(F)cc3)ccc2O[C@@H]1CN(C)C(=O)NC1CCCCC1. The van der Waals surface area contributed by atoms with Crippen LogP contribution in [0.2, 0.25) is 0 Å². The molecule has 1 saturated carbocycles. The summed E-state index contributed by atoms with van der Waals surface area (Å²) < 4.78 is 48.1. The molecule has 0 bridgehead atoms. The van der Waals surface area contributed by atoms with Crippen LogP contribution in [0.15, 0.2) is 47.4 Å². The zero-order chi connectivity index (χ0) is 30.4. The van der Waals surface area contributed by atoms with Gasteiger partial charge in [0.2, 0.25) is 5.91 Å². The number of carbonyl (C=O) groups is 2. The maximum Gasteiger partial charge on any atom is 0.317 e. The van der Waals surface area contributed by atoms with Gasteiger partial charge in [0.25, 0.3) is 10.0 Å². The summed E-state index contributed by atoms with van der Waals surface area (Å²) in [5, 5.41) is 13.0. The number of hydrogen-bond acceptors (Lipinski definition) is 6. The Morgan fingerprint density at radius 3 is 2.52 bits per heavy atom. The number of likely N-dealkylation sites (N-methyl/N-ethyl adjacent to an activating group) is 1. The average Bonchev–Trinajstić information content (AvgIpc) is 3.00. The minimum atomic E-state index is -4.02. The van der Waals surface area contributed by atoms with E-state index in [-0.39, 0.29) is 54.1 Å². The van der Waals surface area contributed by atoms with Crippen LogP contribution >= 0.6 is 0 Å². The van der Waals surface area contributed by atoms with Gasteiger partial charge in [-0.25, -0.2) is 17.6 Å². The van der Waals surface area contributed by atoms with E-state index in [1.807, 2.05) is 6.92 Å². The monoisotopic (exact) mass is 604 g/mol. The van der Waals surface area contributed by atoms with Gasteiger partial charge in [0, 0.05) is 36.8 Å². The molecule has 230 valence electrons. The summed E-state index contributed by atoms with van der Waals surface area (Å²) in [6.45, 7) is 4.04. The highest BCUT2D eigenvalue weighted by Gasteiger charge is 2.32. The standard InChI is InChI=1S/C30H41FN4O6S/c1-20-17-35(21(2)19-36)29(37)16-22-15-25(33-42(39,40)26-12-9-23(31)10-13-26)11-14-27(22)41-28(20)18-34(3)30(38)32-24-7-5-4-6-8-24/h9-15,20-21,24,28,33,36H,4-8,16-19H2,1-3H3,(H,32,38)/t20-,21+,28-/m1/s1. The first-order valence-corrected chi connectivity index (χ1v) is 15.9. The molecule has 1 heterocycles. The average molecular weight is 605 g/mol. The van der Waals surface area contributed by atoms with Gasteiger partial charge in [0.05, 0.1) is 30.5 Å². The van der Waals surface area contributed by atoms with E-state index < -0.39 is 28.0 Å². The van der Waals surface area contributed by atoms with Crippen molar-refractivity contribution in [3.8, 4) is 5.75 Å². The van der Waals surface area contributed by atoms with Crippen molar-refractivity contribution in [2.75, 3.05) is 31.5 Å². The summed E-state index contributed by atoms with van der Waals surface area (Å²) in [5.41, 5.74) is 0.673. The Labute approximate surface area is 247 Å². The zero-order valence-corrected chi connectivity index (χ0v) is 25.2. The molecule has 0 spiro atoms. The quantitative estimate of drug-likeness (QED) is 0.421. The Hall–Kier alpha value is -3.38. The second-order valence-electron chi connectivity index (χ2n) is 11.4. The molecule has 0 aromatic heterocycles. The fraction of sp³-hybridized carbons (Fsp3) is 0.533. The maximum absolute atomic E-state index is 13.4. The first kappa shape index (κ1) is 31.6. The third kappa shape index (κ3) is 7.91. The molecule has 1 aliphatic heterocycles. The van der Waals surface area contributed by atoms with Crippen molar-refractivity contribution in [1.29, 1.82) is 0 Å². The number of anilines is 1. The van der Waals surface area contributed by atoms with Crippen LogP contribution in [-0.4, -0.2) is 80.2 Å². The van der Waals surface area contributed by atoms with Crippen LogP contribution < -0.4 is 14.8 Å². The lowest BCUT2D eigenvalue weighted by atomic mass is 9.96. The molecule has 10 nitrogen and oxygen atoms in total. The number of aliphatic hydroxyl groups excluding tert-OH is 1. The van der Waals surface area contributed by atoms with Crippen molar-refractivity contribution in [2.45, 2.75) is 75.5 Å². The molecule has 12 heteroatoms. The first-order valence-electron chi connectivity index (χ1n) is 14.5. The van der Waals surface area contributed by atoms with Gasteiger partial charge >= 0.3 is 6.03 Å². The number of nitrogens with zero attached hydrogens (tertiary/aromatic N) is 2. The number of fused-ring (bicyclic) bond motifs is 1. The van der Waals surface area contributed by atoms with Gasteiger partial charge in [0.15, 0.2) is 0 Å². The molecule has 0 radical (unpaired) electrons. The summed E-state index contributed by atoms with van der Waals surface area (Å²) >= 11 is 0. The van der Waals surface area contributed by atoms with Crippen molar-refractivity contribution in [3.05, 3.63) is 53.8 Å². The van der Waals surface area contributed by atoms with Crippen molar-refractivity contribution < 1.29 is 32.2 Å². The number of amides is 3. The first-order chi connectivity index (χ1) is 20.0. The predicted molar refractivity (Wildman–Crippen MR) is 157 cm³/mol. The van der Waals surface area contributed by atoms with Gasteiger partial charge in [-0.05, 0) is 62.2 Å². The third-order valence-electron chi connectivity index (χ3n) is 8.03. The summed E-state index contributed by atoms with van der Waals surface area (Å²) in [6, 6.07) is 8.69. The molecule has 1 aliphatic carbocycles. The van der Waals surface area contributed by atoms with Crippen molar-refractivity contribution >= 4 is 27.6 Å². The van der Waals surface area contributed by atoms with Crippen LogP contribution in [0.5, 0.6) is 5.75 Å². The van der Waals surface area contributed by atoms with E-state index in [1.165, 1.54) is 24.6 Å². The topological polar surface area (TPSA) is 128 Å². The minimum absolute atomic E-state index is 0.0801. The number of halogens is 1. The highest BCUT2D eigenvalue weighted by Crippen LogP contribution is 2.30. The number of carbonyl (C=O) groups excluding carboxylic acids is 2. The number of rotatable bonds is 8. The molecule has 42 heavy (non-hydrogen) atoms. The molecule has 0 unspecified atom stereocenters. The Morgan fingerprint density at radius 1 is 1.17 bits per heavy atom. The molecule has 2 aliphatic rings. The number of hydrogen-bond donors (Lipinski definition) is 3. The van der Waals surface area contributed by atoms with Crippen LogP contribution in [-0.2, 0) is 21.2 Å². The molecule has 2 aromatic carbocycles. The van der Waals surface area contributed by atoms with Crippen molar-refractivity contribution in [3.63, 3.8) is 0 Å². The molecule has 4 rings (SSSR count). The molecule has 3 atom stereocenters. The number of aliphatic hydroxyl groups is 1. The molecule has 2 aromatic rings. The van der Waals surface area contributed by atoms with Crippen LogP contribution in [0.1, 0.15) is 51.5 Å². The van der Waals surface area contributed by atoms with E-state index in [0.29, 0.717) is 17.9 Å². The molecule has 0 saturated heterocycles. The second kappa shape index (κ2) is 13.7. The smallest absolute Gasteiger partial charge is 0.317 e. The van der Waals surface area contributed by atoms with Gasteiger partial charge in [-0.1, -0.05) is 26.2 Å². The van der Waals surface area contributed by atoms with E-state index in [2.05, 4.69) is 10.0 Å². The maximum atomic E-state index is 13.4. The van der Waals surface area contributed by atoms with Crippen LogP contribution in [0, 0.1) is 11.7 Å². The lowest BCUT2D eigenvalue weighted by molar-refractivity contribution is -0.134. The summed E-state index contributed by atoms with van der Waals surface area (Å²) in [4.78, 5) is 29.6. The van der Waals surface area contributed by atoms with E-state index in [1.54, 1.807) is 35.9 Å². The Kier molecular flexibility index (Phi) is 10.3. The van der Waals surface area contributed by atoms with Crippen LogP contribution in [0.25, 0.3) is 0 Å². The van der Waals surface area contributed by atoms with Crippen molar-refractivity contribution in [1.82, 2.24) is 15.1 Å². The summed E-state index contributed by atoms with van der Waals surface area (Å²) in [5.74, 6) is -0.583. The normalized spacial score (nSPS) is 20.8. The van der Waals surface area contributed by atoms with Gasteiger partial charge in [-0.3, -0.25) is 9.52 Å². The number of nitrogens with one attached hydrogen (secondary N) is 2. The largest absolute Gasteiger partial charge is 0.488 e. The molecular formula is C30H41FN4O6S. The number of ether oxygens (including phenoxy) is 1. The van der Waals surface area contributed by atoms with E-state index in [4.69, 9.17) is 4.74 Å². The number of benzene rings is 2. The van der Waals surface area contributed by atoms with Gasteiger partial charge in [-0.2, -0.15) is 0 Å². The Balaban J connectivity index is 1.59. The Bertz CT molecular complexity index is 1350. The second-order valence-corrected chi connectivity index (χ2v) is 13.1. The van der Waals surface area contributed by atoms with Gasteiger partial charge < -0.3 is 25.0 Å². The van der Waals surface area contributed by atoms with Gasteiger partial charge in [-0.15, -0.1) is 0 Å². The van der Waals surface area contributed by atoms with Crippen LogP contribution in [0.4, 0.5) is 14.9 Å². The van der Waals surface area contributed by atoms with Gasteiger partial charge in [0.1, 0.15) is 17.7 Å². The van der Waals surface area contributed by atoms with E-state index in [0.717, 1.165) is 37.8 Å². The molecule has 1 fully saturated rings. The summed E-state index contributed by atoms with van der Waals surface area (Å²) in [6.07, 6.45) is 4.74. The predicted octanol–water partition coefficient (Wildman–Crippen LogP) is 3.75. The molecule has 3 N–H and O–H groups in total. The molecule has 3 amide bonds. The fourth-order valence-corrected chi connectivity index (χ4v) is 6.47. The highest BCUT2D eigenvalue weighted by atomic mass is 32.2. The zero-order valence-electron chi connectivity index (χ0n) is 24.4. The summed E-state index contributed by atoms with van der Waals surface area (Å²) in [7, 11) is -2.30. The van der Waals surface area contributed by atoms with E-state index in [9.17, 15) is 27.5 Å². The lowest BCUT2D eigenvalue weighted by Crippen LogP contribution is -2.50. The Morgan fingerprint density at radius 2 is 1.86 bits per heavy atom. The number of sulfonamides is 1. The molecular weight excluding hydrogens is 563 g/mol. The van der Waals surface area contributed by atoms with E-state index >= 15 is 0 Å². The highest BCUT2D eigenvalue weighted by molar-refractivity contribution is 7.92. The van der Waals surface area contributed by atoms with Crippen molar-refractivity contribution in [2.24, 2.45) is 5.92 Å².